The minimum atomic E-state index is 0.636. The van der Waals surface area contributed by atoms with Crippen LogP contribution in [0.15, 0.2) is 79.3 Å². The predicted octanol–water partition coefficient (Wildman–Crippen LogP) is 6.91. The lowest BCUT2D eigenvalue weighted by Gasteiger charge is -2.34. The van der Waals surface area contributed by atoms with Gasteiger partial charge in [0.2, 0.25) is 16.1 Å². The summed E-state index contributed by atoms with van der Waals surface area (Å²) in [5.41, 5.74) is 5.44. The summed E-state index contributed by atoms with van der Waals surface area (Å²) in [5, 5.41) is 3.19. The molecule has 2 aliphatic rings. The Morgan fingerprint density at radius 3 is 1.78 bits per heavy atom. The van der Waals surface area contributed by atoms with Gasteiger partial charge < -0.3 is 14.5 Å². The zero-order valence-corrected chi connectivity index (χ0v) is 33.3. The van der Waals surface area contributed by atoms with E-state index in [1.54, 1.807) is 50.0 Å². The van der Waals surface area contributed by atoms with Crippen molar-refractivity contribution in [3.05, 3.63) is 106 Å². The molecule has 12 nitrogen and oxygen atoms in total. The molecule has 54 heavy (non-hydrogen) atoms. The maximum Gasteiger partial charge on any atom is 0.213 e. The average molecular weight is 803 g/mol. The van der Waals surface area contributed by atoms with Gasteiger partial charge in [-0.2, -0.15) is 18.7 Å². The number of ether oxygens (including phenoxy) is 1. The molecule has 0 spiro atoms. The molecule has 0 radical (unpaired) electrons. The fourth-order valence-electron chi connectivity index (χ4n) is 6.24. The van der Waals surface area contributed by atoms with Gasteiger partial charge in [0.1, 0.15) is 11.4 Å². The molecule has 6 aromatic rings. The average Bonchev–Trinajstić information content (AvgIpc) is 3.91. The Hall–Kier alpha value is -4.31. The molecule has 280 valence electrons. The Balaban J connectivity index is 0.000000167. The number of methoxy groups -OCH3 is 1. The van der Waals surface area contributed by atoms with Crippen LogP contribution in [0.3, 0.4) is 0 Å². The Bertz CT molecular complexity index is 2120. The van der Waals surface area contributed by atoms with Crippen LogP contribution in [0.4, 0.5) is 10.3 Å². The minimum absolute atomic E-state index is 0.636. The summed E-state index contributed by atoms with van der Waals surface area (Å²) in [6, 6.07) is 19.8. The van der Waals surface area contributed by atoms with E-state index in [2.05, 4.69) is 84.5 Å². The lowest BCUT2D eigenvalue weighted by molar-refractivity contribution is 0.249. The highest BCUT2D eigenvalue weighted by molar-refractivity contribution is 7.10. The number of nitrogens with zero attached hydrogens (tertiary/aromatic N) is 11. The number of piperazine rings is 2. The molecule has 2 fully saturated rings. The third kappa shape index (κ3) is 10.1. The van der Waals surface area contributed by atoms with Gasteiger partial charge in [0, 0.05) is 123 Å². The summed E-state index contributed by atoms with van der Waals surface area (Å²) < 4.78 is 14.1. The van der Waals surface area contributed by atoms with Crippen molar-refractivity contribution in [1.82, 2.24) is 43.5 Å². The first-order valence-corrected chi connectivity index (χ1v) is 20.1. The molecule has 0 N–H and O–H groups in total. The number of benzene rings is 1. The highest BCUT2D eigenvalue weighted by Crippen LogP contribution is 2.27. The summed E-state index contributed by atoms with van der Waals surface area (Å²) in [6.45, 7) is 12.1. The summed E-state index contributed by atoms with van der Waals surface area (Å²) in [5.74, 6) is 1.95. The first kappa shape index (κ1) is 38.0. The van der Waals surface area contributed by atoms with Crippen molar-refractivity contribution in [3.63, 3.8) is 0 Å². The van der Waals surface area contributed by atoms with Crippen molar-refractivity contribution in [2.45, 2.75) is 19.9 Å². The summed E-state index contributed by atoms with van der Waals surface area (Å²) in [4.78, 5) is 31.7. The van der Waals surface area contributed by atoms with Crippen LogP contribution in [-0.4, -0.2) is 109 Å². The number of hydrogen-bond donors (Lipinski definition) is 0. The molecule has 5 aromatic heterocycles. The van der Waals surface area contributed by atoms with Gasteiger partial charge in [-0.3, -0.25) is 19.8 Å². The van der Waals surface area contributed by atoms with E-state index in [9.17, 15) is 0 Å². The van der Waals surface area contributed by atoms with Crippen LogP contribution in [-0.2, 0) is 13.0 Å². The zero-order chi connectivity index (χ0) is 37.3. The van der Waals surface area contributed by atoms with Crippen LogP contribution in [0.25, 0.3) is 23.0 Å². The first-order chi connectivity index (χ1) is 26.4. The standard InChI is InChI=1S/C19H21ClN6OS.C19H20ClN5S/c1-27-17-12-14(2-5-22-17)4-7-25-8-10-26(11-9-25)19-23-18(24-28-19)16-13-15(20)3-6-21-16;1-14-4-2-3-5-15(14)13-24-8-10-25(11-9-24)19-22-18(23-26-19)17-12-16(20)6-7-21-17/h2-3,5-6,12-13H,4,7-11H2,1H3;2-7,12H,8-11,13H2,1H3. The van der Waals surface area contributed by atoms with Crippen molar-refractivity contribution in [2.75, 3.05) is 75.8 Å². The van der Waals surface area contributed by atoms with Crippen molar-refractivity contribution in [3.8, 4) is 28.9 Å². The number of rotatable bonds is 10. The summed E-state index contributed by atoms with van der Waals surface area (Å²) >= 11 is 14.9. The molecule has 0 bridgehead atoms. The largest absolute Gasteiger partial charge is 0.481 e. The normalized spacial score (nSPS) is 15.2. The Labute approximate surface area is 333 Å². The number of aryl methyl sites for hydroxylation is 1. The first-order valence-electron chi connectivity index (χ1n) is 17.8. The van der Waals surface area contributed by atoms with Crippen LogP contribution in [0.5, 0.6) is 5.88 Å². The van der Waals surface area contributed by atoms with E-state index in [4.69, 9.17) is 27.9 Å². The van der Waals surface area contributed by atoms with E-state index in [0.717, 1.165) is 87.8 Å². The van der Waals surface area contributed by atoms with Crippen molar-refractivity contribution < 1.29 is 4.74 Å². The molecule has 0 atom stereocenters. The molecule has 0 unspecified atom stereocenters. The third-order valence-electron chi connectivity index (χ3n) is 9.40. The molecule has 7 heterocycles. The van der Waals surface area contributed by atoms with Gasteiger partial charge in [0.25, 0.3) is 0 Å². The zero-order valence-electron chi connectivity index (χ0n) is 30.2. The molecule has 2 saturated heterocycles. The predicted molar refractivity (Wildman–Crippen MR) is 218 cm³/mol. The maximum absolute atomic E-state index is 6.04. The van der Waals surface area contributed by atoms with E-state index in [1.165, 1.54) is 39.8 Å². The smallest absolute Gasteiger partial charge is 0.213 e. The lowest BCUT2D eigenvalue weighted by atomic mass is 10.1. The van der Waals surface area contributed by atoms with Gasteiger partial charge in [0.05, 0.1) is 7.11 Å². The Kier molecular flexibility index (Phi) is 12.9. The third-order valence-corrected chi connectivity index (χ3v) is 11.4. The van der Waals surface area contributed by atoms with Crippen molar-refractivity contribution in [1.29, 1.82) is 0 Å². The number of hydrogen-bond acceptors (Lipinski definition) is 14. The van der Waals surface area contributed by atoms with Gasteiger partial charge in [-0.15, -0.1) is 0 Å². The Morgan fingerprint density at radius 1 is 0.667 bits per heavy atom. The van der Waals surface area contributed by atoms with E-state index in [-0.39, 0.29) is 0 Å². The van der Waals surface area contributed by atoms with Crippen LogP contribution < -0.4 is 14.5 Å². The number of anilines is 2. The van der Waals surface area contributed by atoms with Crippen molar-refractivity contribution >= 4 is 56.5 Å². The van der Waals surface area contributed by atoms with Crippen molar-refractivity contribution in [2.24, 2.45) is 0 Å². The van der Waals surface area contributed by atoms with Crippen LogP contribution >= 0.6 is 46.3 Å². The number of aromatic nitrogens is 7. The molecule has 8 rings (SSSR count). The molecule has 0 aliphatic carbocycles. The number of halogens is 2. The van der Waals surface area contributed by atoms with E-state index >= 15 is 0 Å². The fourth-order valence-corrected chi connectivity index (χ4v) is 8.02. The Morgan fingerprint density at radius 2 is 1.22 bits per heavy atom. The van der Waals surface area contributed by atoms with E-state index in [0.29, 0.717) is 33.3 Å². The van der Waals surface area contributed by atoms with Gasteiger partial charge >= 0.3 is 0 Å². The van der Waals surface area contributed by atoms with E-state index in [1.807, 2.05) is 12.1 Å². The summed E-state index contributed by atoms with van der Waals surface area (Å²) in [7, 11) is 1.65. The SMILES string of the molecule is COc1cc(CCN2CCN(c3nc(-c4cc(Cl)ccn4)ns3)CC2)ccn1.Cc1ccccc1CN1CCN(c2nc(-c3cc(Cl)ccn3)ns2)CC1. The van der Waals surface area contributed by atoms with Gasteiger partial charge in [-0.05, 0) is 60.4 Å². The maximum atomic E-state index is 6.04. The van der Waals surface area contributed by atoms with Crippen LogP contribution in [0.2, 0.25) is 10.0 Å². The molecule has 16 heteroatoms. The quantitative estimate of drug-likeness (QED) is 0.144. The molecule has 1 aromatic carbocycles. The molecule has 0 amide bonds. The molecule has 0 saturated carbocycles. The van der Waals surface area contributed by atoms with Crippen LogP contribution in [0.1, 0.15) is 16.7 Å². The van der Waals surface area contributed by atoms with E-state index < -0.39 is 0 Å². The summed E-state index contributed by atoms with van der Waals surface area (Å²) in [6.07, 6.45) is 6.15. The number of pyridine rings is 3. The van der Waals surface area contributed by atoms with Gasteiger partial charge in [0.15, 0.2) is 11.6 Å². The second-order valence-corrected chi connectivity index (χ2v) is 15.3. The fraction of sp³-hybridized carbons (Fsp3) is 0.342. The highest BCUT2D eigenvalue weighted by atomic mass is 35.5. The molecule has 2 aliphatic heterocycles. The second-order valence-electron chi connectivity index (χ2n) is 13.0. The monoisotopic (exact) mass is 801 g/mol. The van der Waals surface area contributed by atoms with Gasteiger partial charge in [-0.25, -0.2) is 4.98 Å². The minimum Gasteiger partial charge on any atom is -0.481 e. The topological polar surface area (TPSA) is 112 Å². The lowest BCUT2D eigenvalue weighted by Crippen LogP contribution is -2.47. The highest BCUT2D eigenvalue weighted by Gasteiger charge is 2.22. The van der Waals surface area contributed by atoms with Gasteiger partial charge in [-0.1, -0.05) is 47.5 Å². The molecular weight excluding hydrogens is 762 g/mol. The van der Waals surface area contributed by atoms with Crippen LogP contribution in [0, 0.1) is 6.92 Å². The molecular formula is C38H41Cl2N11OS2. The second kappa shape index (κ2) is 18.3.